The van der Waals surface area contributed by atoms with E-state index in [0.29, 0.717) is 12.6 Å². The smallest absolute Gasteiger partial charge is 0.421 e. The van der Waals surface area contributed by atoms with Gasteiger partial charge in [0, 0.05) is 32.4 Å². The minimum Gasteiger partial charge on any atom is -0.475 e. The van der Waals surface area contributed by atoms with Crippen LogP contribution in [-0.4, -0.2) is 73.2 Å². The van der Waals surface area contributed by atoms with Crippen molar-refractivity contribution in [1.29, 1.82) is 0 Å². The van der Waals surface area contributed by atoms with Crippen molar-refractivity contribution in [3.8, 4) is 5.88 Å². The molecule has 1 atom stereocenters. The maximum atomic E-state index is 12.9. The maximum absolute atomic E-state index is 12.9. The van der Waals surface area contributed by atoms with Gasteiger partial charge in [-0.25, -0.2) is 4.98 Å². The summed E-state index contributed by atoms with van der Waals surface area (Å²) in [6, 6.07) is 2.78. The Hall–Kier alpha value is -2.03. The average Bonchev–Trinajstić information content (AvgIpc) is 3.33. The normalized spacial score (nSPS) is 21.7. The molecule has 0 saturated carbocycles. The number of hydrogen-bond acceptors (Lipinski definition) is 4. The number of guanidine groups is 1. The third-order valence-corrected chi connectivity index (χ3v) is 5.03. The lowest BCUT2D eigenvalue weighted by atomic mass is 10.2. The van der Waals surface area contributed by atoms with Crippen molar-refractivity contribution in [2.45, 2.75) is 31.5 Å². The Labute approximate surface area is 157 Å². The summed E-state index contributed by atoms with van der Waals surface area (Å²) < 4.78 is 44.1. The van der Waals surface area contributed by atoms with Crippen LogP contribution in [0.4, 0.5) is 13.2 Å². The minimum absolute atomic E-state index is 0.0719. The highest BCUT2D eigenvalue weighted by Crippen LogP contribution is 2.34. The predicted octanol–water partition coefficient (Wildman–Crippen LogP) is 2.22. The van der Waals surface area contributed by atoms with Crippen molar-refractivity contribution in [1.82, 2.24) is 20.1 Å². The zero-order chi connectivity index (χ0) is 19.3. The molecule has 27 heavy (non-hydrogen) atoms. The van der Waals surface area contributed by atoms with Gasteiger partial charge in [0.1, 0.15) is 12.2 Å². The molecular weight excluding hydrogens is 359 g/mol. The van der Waals surface area contributed by atoms with Crippen molar-refractivity contribution in [2.24, 2.45) is 4.99 Å². The van der Waals surface area contributed by atoms with Crippen LogP contribution in [0.15, 0.2) is 23.3 Å². The molecule has 150 valence electrons. The van der Waals surface area contributed by atoms with Gasteiger partial charge < -0.3 is 15.0 Å². The molecule has 3 rings (SSSR count). The summed E-state index contributed by atoms with van der Waals surface area (Å²) in [7, 11) is 1.72. The van der Waals surface area contributed by atoms with Gasteiger partial charge in [0.05, 0.1) is 6.54 Å². The van der Waals surface area contributed by atoms with Crippen molar-refractivity contribution >= 4 is 5.96 Å². The fraction of sp³-hybridized carbons (Fsp3) is 0.667. The first-order valence-corrected chi connectivity index (χ1v) is 9.33. The molecule has 1 aromatic heterocycles. The van der Waals surface area contributed by atoms with Crippen LogP contribution >= 0.6 is 0 Å². The average molecular weight is 385 g/mol. The number of halogens is 3. The summed E-state index contributed by atoms with van der Waals surface area (Å²) in [5.41, 5.74) is -0.859. The van der Waals surface area contributed by atoms with E-state index in [9.17, 15) is 13.2 Å². The molecule has 0 spiro atoms. The maximum Gasteiger partial charge on any atom is 0.421 e. The summed E-state index contributed by atoms with van der Waals surface area (Å²) in [5.74, 6) is 0.370. The number of likely N-dealkylation sites (tertiary alicyclic amines) is 2. The second-order valence-electron chi connectivity index (χ2n) is 6.81. The van der Waals surface area contributed by atoms with Gasteiger partial charge >= 0.3 is 6.18 Å². The summed E-state index contributed by atoms with van der Waals surface area (Å²) in [6.45, 7) is 4.63. The lowest BCUT2D eigenvalue weighted by Crippen LogP contribution is -2.43. The Morgan fingerprint density at radius 2 is 2.11 bits per heavy atom. The largest absolute Gasteiger partial charge is 0.475 e. The highest BCUT2D eigenvalue weighted by atomic mass is 19.4. The third-order valence-electron chi connectivity index (χ3n) is 5.03. The van der Waals surface area contributed by atoms with Gasteiger partial charge in [0.25, 0.3) is 0 Å². The molecule has 9 heteroatoms. The first kappa shape index (κ1) is 19.7. The quantitative estimate of drug-likeness (QED) is 0.479. The monoisotopic (exact) mass is 385 g/mol. The van der Waals surface area contributed by atoms with Gasteiger partial charge in [-0.3, -0.25) is 9.89 Å². The third kappa shape index (κ3) is 5.03. The SMILES string of the molecule is CN=C(NCCOc1ncccc1C(F)(F)F)N1CCC(N2CCCC2)C1. The molecule has 2 aliphatic rings. The molecule has 0 radical (unpaired) electrons. The molecule has 0 amide bonds. The van der Waals surface area contributed by atoms with Crippen LogP contribution < -0.4 is 10.1 Å². The number of rotatable bonds is 5. The summed E-state index contributed by atoms with van der Waals surface area (Å²) in [6.07, 6.45) is 0.468. The number of pyridine rings is 1. The number of nitrogens with one attached hydrogen (secondary N) is 1. The molecular formula is C18H26F3N5O. The molecule has 0 bridgehead atoms. The summed E-state index contributed by atoms with van der Waals surface area (Å²) in [4.78, 5) is 12.7. The number of ether oxygens (including phenoxy) is 1. The number of alkyl halides is 3. The van der Waals surface area contributed by atoms with Crippen LogP contribution in [0.3, 0.4) is 0 Å². The highest BCUT2D eigenvalue weighted by Gasteiger charge is 2.35. The molecule has 1 unspecified atom stereocenters. The molecule has 0 aliphatic carbocycles. The van der Waals surface area contributed by atoms with Crippen LogP contribution in [0.1, 0.15) is 24.8 Å². The fourth-order valence-corrected chi connectivity index (χ4v) is 3.70. The molecule has 0 aromatic carbocycles. The van der Waals surface area contributed by atoms with Gasteiger partial charge in [-0.05, 0) is 44.5 Å². The Bertz CT molecular complexity index is 646. The van der Waals surface area contributed by atoms with Crippen molar-refractivity contribution in [3.63, 3.8) is 0 Å². The molecule has 1 aromatic rings. The topological polar surface area (TPSA) is 53.0 Å². The molecule has 3 heterocycles. The van der Waals surface area contributed by atoms with Crippen molar-refractivity contribution in [3.05, 3.63) is 23.9 Å². The minimum atomic E-state index is -4.48. The Morgan fingerprint density at radius 1 is 1.33 bits per heavy atom. The van der Waals surface area contributed by atoms with Gasteiger partial charge in [-0.2, -0.15) is 13.2 Å². The Balaban J connectivity index is 1.46. The van der Waals surface area contributed by atoms with Crippen molar-refractivity contribution < 1.29 is 17.9 Å². The number of nitrogens with zero attached hydrogens (tertiary/aromatic N) is 4. The molecule has 2 fully saturated rings. The fourth-order valence-electron chi connectivity index (χ4n) is 3.70. The first-order valence-electron chi connectivity index (χ1n) is 9.33. The van der Waals surface area contributed by atoms with Crippen molar-refractivity contribution in [2.75, 3.05) is 46.4 Å². The van der Waals surface area contributed by atoms with Crippen LogP contribution in [-0.2, 0) is 6.18 Å². The molecule has 2 saturated heterocycles. The van der Waals surface area contributed by atoms with E-state index in [1.54, 1.807) is 7.05 Å². The number of aliphatic imine (C=N–C) groups is 1. The number of aromatic nitrogens is 1. The van der Waals surface area contributed by atoms with Crippen LogP contribution in [0, 0.1) is 0 Å². The summed E-state index contributed by atoms with van der Waals surface area (Å²) >= 11 is 0. The second-order valence-corrected chi connectivity index (χ2v) is 6.81. The highest BCUT2D eigenvalue weighted by molar-refractivity contribution is 5.80. The Morgan fingerprint density at radius 3 is 2.81 bits per heavy atom. The second kappa shape index (κ2) is 8.77. The van der Waals surface area contributed by atoms with Gasteiger partial charge in [0.15, 0.2) is 5.96 Å². The zero-order valence-electron chi connectivity index (χ0n) is 15.5. The molecule has 6 nitrogen and oxygen atoms in total. The van der Waals surface area contributed by atoms with E-state index in [-0.39, 0.29) is 6.61 Å². The van der Waals surface area contributed by atoms with E-state index in [4.69, 9.17) is 4.74 Å². The van der Waals surface area contributed by atoms with E-state index >= 15 is 0 Å². The predicted molar refractivity (Wildman–Crippen MR) is 96.9 cm³/mol. The van der Waals surface area contributed by atoms with Gasteiger partial charge in [-0.1, -0.05) is 0 Å². The van der Waals surface area contributed by atoms with Gasteiger partial charge in [-0.15, -0.1) is 0 Å². The van der Waals surface area contributed by atoms with E-state index in [2.05, 4.69) is 25.1 Å². The van der Waals surface area contributed by atoms with Gasteiger partial charge in [0.2, 0.25) is 5.88 Å². The lowest BCUT2D eigenvalue weighted by Gasteiger charge is -2.25. The van der Waals surface area contributed by atoms with Crippen LogP contribution in [0.2, 0.25) is 0 Å². The standard InChI is InChI=1S/C18H26F3N5O/c1-22-17(26-11-6-14(13-26)25-9-2-3-10-25)24-8-12-27-16-15(18(19,20)21)5-4-7-23-16/h4-5,7,14H,2-3,6,8-13H2,1H3,(H,22,24). The van der Waals surface area contributed by atoms with E-state index in [1.807, 2.05) is 0 Å². The van der Waals surface area contributed by atoms with E-state index < -0.39 is 17.6 Å². The molecule has 1 N–H and O–H groups in total. The zero-order valence-corrected chi connectivity index (χ0v) is 15.5. The molecule has 2 aliphatic heterocycles. The summed E-state index contributed by atoms with van der Waals surface area (Å²) in [5, 5.41) is 3.17. The number of hydrogen-bond donors (Lipinski definition) is 1. The Kier molecular flexibility index (Phi) is 6.41. The lowest BCUT2D eigenvalue weighted by molar-refractivity contribution is -0.139. The van der Waals surface area contributed by atoms with E-state index in [1.165, 1.54) is 38.2 Å². The van der Waals surface area contributed by atoms with E-state index in [0.717, 1.165) is 31.5 Å². The first-order chi connectivity index (χ1) is 13.0. The van der Waals surface area contributed by atoms with Crippen LogP contribution in [0.25, 0.3) is 0 Å². The van der Waals surface area contributed by atoms with Crippen LogP contribution in [0.5, 0.6) is 5.88 Å².